The maximum absolute atomic E-state index is 5.55. The number of nitrogens with one attached hydrogen (secondary N) is 1. The largest absolute Gasteiger partial charge is 0.379 e. The molecule has 0 radical (unpaired) electrons. The standard InChI is InChI=1S/C14H25N3O2S/c1-4-5-15-12-7-18-6-11(12)14-16-13(17-19-14)9-20-8-10(2)3/h10-12,15H,4-9H2,1-3H3. The predicted molar refractivity (Wildman–Crippen MR) is 80.9 cm³/mol. The van der Waals surface area contributed by atoms with Crippen LogP contribution in [-0.4, -0.2) is 41.7 Å². The molecule has 0 amide bonds. The molecule has 1 saturated heterocycles. The lowest BCUT2D eigenvalue weighted by atomic mass is 10.0. The second-order valence-corrected chi connectivity index (χ2v) is 6.69. The van der Waals surface area contributed by atoms with Gasteiger partial charge in [0.25, 0.3) is 0 Å². The number of nitrogens with zero attached hydrogens (tertiary/aromatic N) is 2. The summed E-state index contributed by atoms with van der Waals surface area (Å²) in [5.74, 6) is 4.34. The van der Waals surface area contributed by atoms with Crippen molar-refractivity contribution in [2.45, 2.75) is 44.9 Å². The van der Waals surface area contributed by atoms with Crippen LogP contribution in [0.4, 0.5) is 0 Å². The van der Waals surface area contributed by atoms with Crippen molar-refractivity contribution in [1.29, 1.82) is 0 Å². The van der Waals surface area contributed by atoms with E-state index < -0.39 is 0 Å². The molecular weight excluding hydrogens is 274 g/mol. The lowest BCUT2D eigenvalue weighted by Crippen LogP contribution is -2.35. The van der Waals surface area contributed by atoms with Gasteiger partial charge in [-0.15, -0.1) is 0 Å². The molecule has 0 spiro atoms. The topological polar surface area (TPSA) is 60.2 Å². The first kappa shape index (κ1) is 15.8. The number of hydrogen-bond acceptors (Lipinski definition) is 6. The molecule has 1 aliphatic heterocycles. The Hall–Kier alpha value is -0.590. The van der Waals surface area contributed by atoms with E-state index in [1.165, 1.54) is 0 Å². The van der Waals surface area contributed by atoms with Crippen molar-refractivity contribution in [2.75, 3.05) is 25.5 Å². The quantitative estimate of drug-likeness (QED) is 0.795. The number of thioether (sulfide) groups is 1. The van der Waals surface area contributed by atoms with Crippen LogP contribution >= 0.6 is 11.8 Å². The van der Waals surface area contributed by atoms with Crippen LogP contribution in [0.25, 0.3) is 0 Å². The highest BCUT2D eigenvalue weighted by atomic mass is 32.2. The number of rotatable bonds is 8. The van der Waals surface area contributed by atoms with Gasteiger partial charge in [-0.3, -0.25) is 0 Å². The van der Waals surface area contributed by atoms with E-state index in [2.05, 4.69) is 36.2 Å². The third-order valence-electron chi connectivity index (χ3n) is 3.22. The Morgan fingerprint density at radius 2 is 2.25 bits per heavy atom. The van der Waals surface area contributed by atoms with Crippen LogP contribution in [-0.2, 0) is 10.5 Å². The maximum Gasteiger partial charge on any atom is 0.233 e. The molecule has 20 heavy (non-hydrogen) atoms. The summed E-state index contributed by atoms with van der Waals surface area (Å²) in [6.07, 6.45) is 1.12. The Morgan fingerprint density at radius 3 is 3.00 bits per heavy atom. The molecule has 1 aliphatic rings. The molecule has 0 bridgehead atoms. The molecule has 5 nitrogen and oxygen atoms in total. The normalized spacial score (nSPS) is 22.8. The third-order valence-corrected chi connectivity index (χ3v) is 4.59. The zero-order valence-corrected chi connectivity index (χ0v) is 13.4. The average Bonchev–Trinajstić information content (AvgIpc) is 3.04. The fraction of sp³-hybridized carbons (Fsp3) is 0.857. The Bertz CT molecular complexity index is 398. The van der Waals surface area contributed by atoms with E-state index in [1.54, 1.807) is 0 Å². The first-order chi connectivity index (χ1) is 9.70. The van der Waals surface area contributed by atoms with Gasteiger partial charge < -0.3 is 14.6 Å². The monoisotopic (exact) mass is 299 g/mol. The second kappa shape index (κ2) is 8.00. The summed E-state index contributed by atoms with van der Waals surface area (Å²) in [6.45, 7) is 8.99. The van der Waals surface area contributed by atoms with E-state index in [4.69, 9.17) is 9.26 Å². The molecule has 1 N–H and O–H groups in total. The number of aromatic nitrogens is 2. The molecule has 1 fully saturated rings. The molecule has 6 heteroatoms. The summed E-state index contributed by atoms with van der Waals surface area (Å²) in [5, 5.41) is 7.57. The fourth-order valence-corrected chi connectivity index (χ4v) is 3.08. The molecular formula is C14H25N3O2S. The van der Waals surface area contributed by atoms with Gasteiger partial charge in [-0.2, -0.15) is 16.7 Å². The SMILES string of the molecule is CCCNC1COCC1c1nc(CSCC(C)C)no1. The summed E-state index contributed by atoms with van der Waals surface area (Å²) in [7, 11) is 0. The molecule has 114 valence electrons. The van der Waals surface area contributed by atoms with Crippen LogP contribution in [0.1, 0.15) is 44.8 Å². The second-order valence-electron chi connectivity index (χ2n) is 5.66. The van der Waals surface area contributed by atoms with Crippen molar-refractivity contribution in [1.82, 2.24) is 15.5 Å². The molecule has 2 atom stereocenters. The minimum atomic E-state index is 0.192. The molecule has 2 rings (SSSR count). The molecule has 0 aromatic carbocycles. The lowest BCUT2D eigenvalue weighted by molar-refractivity contribution is 0.184. The van der Waals surface area contributed by atoms with E-state index in [-0.39, 0.29) is 5.92 Å². The van der Waals surface area contributed by atoms with E-state index >= 15 is 0 Å². The molecule has 0 saturated carbocycles. The van der Waals surface area contributed by atoms with Gasteiger partial charge in [-0.25, -0.2) is 0 Å². The summed E-state index contributed by atoms with van der Waals surface area (Å²) in [5.41, 5.74) is 0. The van der Waals surface area contributed by atoms with Crippen molar-refractivity contribution < 1.29 is 9.26 Å². The minimum Gasteiger partial charge on any atom is -0.379 e. The molecule has 2 unspecified atom stereocenters. The van der Waals surface area contributed by atoms with Crippen LogP contribution in [0.3, 0.4) is 0 Å². The van der Waals surface area contributed by atoms with Crippen LogP contribution < -0.4 is 5.32 Å². The van der Waals surface area contributed by atoms with Crippen LogP contribution in [0.2, 0.25) is 0 Å². The summed E-state index contributed by atoms with van der Waals surface area (Å²) in [4.78, 5) is 4.53. The van der Waals surface area contributed by atoms with Gasteiger partial charge in [-0.05, 0) is 24.6 Å². The van der Waals surface area contributed by atoms with Gasteiger partial charge in [0.05, 0.1) is 24.9 Å². The molecule has 1 aromatic heterocycles. The van der Waals surface area contributed by atoms with Crippen molar-refractivity contribution >= 4 is 11.8 Å². The number of ether oxygens (including phenoxy) is 1. The first-order valence-corrected chi connectivity index (χ1v) is 8.57. The summed E-state index contributed by atoms with van der Waals surface area (Å²) < 4.78 is 11.0. The van der Waals surface area contributed by atoms with E-state index in [0.29, 0.717) is 18.6 Å². The Labute approximate surface area is 125 Å². The lowest BCUT2D eigenvalue weighted by Gasteiger charge is -2.14. The van der Waals surface area contributed by atoms with Gasteiger partial charge in [0.2, 0.25) is 5.89 Å². The van der Waals surface area contributed by atoms with E-state index in [9.17, 15) is 0 Å². The predicted octanol–water partition coefficient (Wildman–Crippen LogP) is 2.44. The summed E-state index contributed by atoms with van der Waals surface area (Å²) >= 11 is 1.85. The fourth-order valence-electron chi connectivity index (χ4n) is 2.19. The van der Waals surface area contributed by atoms with Crippen LogP contribution in [0, 0.1) is 5.92 Å². The highest BCUT2D eigenvalue weighted by Crippen LogP contribution is 2.25. The zero-order valence-electron chi connectivity index (χ0n) is 12.6. The van der Waals surface area contributed by atoms with Crippen molar-refractivity contribution in [3.8, 4) is 0 Å². The van der Waals surface area contributed by atoms with E-state index in [0.717, 1.165) is 42.8 Å². The summed E-state index contributed by atoms with van der Waals surface area (Å²) in [6, 6.07) is 0.298. The highest BCUT2D eigenvalue weighted by Gasteiger charge is 2.33. The third kappa shape index (κ3) is 4.46. The van der Waals surface area contributed by atoms with Crippen molar-refractivity contribution in [3.05, 3.63) is 11.7 Å². The number of hydrogen-bond donors (Lipinski definition) is 1. The van der Waals surface area contributed by atoms with Crippen molar-refractivity contribution in [3.63, 3.8) is 0 Å². The van der Waals surface area contributed by atoms with Gasteiger partial charge in [0, 0.05) is 6.04 Å². The Kier molecular flexibility index (Phi) is 6.32. The van der Waals surface area contributed by atoms with Gasteiger partial charge >= 0.3 is 0 Å². The molecule has 1 aromatic rings. The smallest absolute Gasteiger partial charge is 0.233 e. The average molecular weight is 299 g/mol. The molecule has 0 aliphatic carbocycles. The van der Waals surface area contributed by atoms with Crippen molar-refractivity contribution in [2.24, 2.45) is 5.92 Å². The van der Waals surface area contributed by atoms with Gasteiger partial charge in [0.1, 0.15) is 0 Å². The molecule has 2 heterocycles. The maximum atomic E-state index is 5.55. The van der Waals surface area contributed by atoms with Crippen LogP contribution in [0.5, 0.6) is 0 Å². The highest BCUT2D eigenvalue weighted by molar-refractivity contribution is 7.98. The first-order valence-electron chi connectivity index (χ1n) is 7.42. The van der Waals surface area contributed by atoms with E-state index in [1.807, 2.05) is 11.8 Å². The Morgan fingerprint density at radius 1 is 1.40 bits per heavy atom. The van der Waals surface area contributed by atoms with Gasteiger partial charge in [0.15, 0.2) is 5.82 Å². The van der Waals surface area contributed by atoms with Crippen LogP contribution in [0.15, 0.2) is 4.52 Å². The Balaban J connectivity index is 1.87. The minimum absolute atomic E-state index is 0.192. The zero-order chi connectivity index (χ0) is 14.4. The van der Waals surface area contributed by atoms with Gasteiger partial charge in [-0.1, -0.05) is 25.9 Å².